The maximum absolute atomic E-state index is 5.43. The zero-order valence-electron chi connectivity index (χ0n) is 9.19. The van der Waals surface area contributed by atoms with Crippen molar-refractivity contribution in [2.45, 2.75) is 6.42 Å². The summed E-state index contributed by atoms with van der Waals surface area (Å²) >= 11 is 2.13. The SMILES string of the molecule is COCCCOCCOc1ncncc1I. The van der Waals surface area contributed by atoms with Crippen LogP contribution in [0.2, 0.25) is 0 Å². The molecule has 0 bridgehead atoms. The van der Waals surface area contributed by atoms with E-state index < -0.39 is 0 Å². The highest BCUT2D eigenvalue weighted by molar-refractivity contribution is 14.1. The van der Waals surface area contributed by atoms with Crippen molar-refractivity contribution >= 4 is 22.6 Å². The number of methoxy groups -OCH3 is 1. The smallest absolute Gasteiger partial charge is 0.230 e. The van der Waals surface area contributed by atoms with Crippen LogP contribution in [0, 0.1) is 3.57 Å². The topological polar surface area (TPSA) is 53.5 Å². The standard InChI is InChI=1S/C10H15IN2O3/c1-14-3-2-4-15-5-6-16-10-9(11)7-12-8-13-10/h7-8H,2-6H2,1H3. The van der Waals surface area contributed by atoms with E-state index in [9.17, 15) is 0 Å². The van der Waals surface area contributed by atoms with E-state index in [0.717, 1.165) is 16.6 Å². The first-order valence-corrected chi connectivity index (χ1v) is 6.07. The quantitative estimate of drug-likeness (QED) is 0.531. The van der Waals surface area contributed by atoms with Crippen LogP contribution in [0.1, 0.15) is 6.42 Å². The molecule has 0 aliphatic heterocycles. The Morgan fingerprint density at radius 3 is 2.88 bits per heavy atom. The lowest BCUT2D eigenvalue weighted by Gasteiger charge is -2.06. The molecule has 0 aliphatic rings. The van der Waals surface area contributed by atoms with Gasteiger partial charge in [-0.2, -0.15) is 0 Å². The number of nitrogens with zero attached hydrogens (tertiary/aromatic N) is 2. The van der Waals surface area contributed by atoms with Crippen molar-refractivity contribution in [2.24, 2.45) is 0 Å². The Morgan fingerprint density at radius 1 is 1.25 bits per heavy atom. The Balaban J connectivity index is 2.05. The van der Waals surface area contributed by atoms with Gasteiger partial charge in [-0.3, -0.25) is 0 Å². The summed E-state index contributed by atoms with van der Waals surface area (Å²) < 4.78 is 16.6. The van der Waals surface area contributed by atoms with Crippen molar-refractivity contribution in [1.82, 2.24) is 9.97 Å². The zero-order chi connectivity index (χ0) is 11.6. The van der Waals surface area contributed by atoms with Gasteiger partial charge in [0.1, 0.15) is 12.9 Å². The minimum Gasteiger partial charge on any atom is -0.474 e. The highest BCUT2D eigenvalue weighted by Crippen LogP contribution is 2.14. The highest BCUT2D eigenvalue weighted by atomic mass is 127. The summed E-state index contributed by atoms with van der Waals surface area (Å²) in [6.07, 6.45) is 4.08. The molecule has 6 heteroatoms. The summed E-state index contributed by atoms with van der Waals surface area (Å²) in [5.41, 5.74) is 0. The Bertz CT molecular complexity index is 299. The number of ether oxygens (including phenoxy) is 3. The van der Waals surface area contributed by atoms with E-state index in [2.05, 4.69) is 32.6 Å². The minimum atomic E-state index is 0.500. The number of aromatic nitrogens is 2. The van der Waals surface area contributed by atoms with E-state index in [0.29, 0.717) is 25.7 Å². The molecule has 0 saturated carbocycles. The molecule has 0 amide bonds. The fourth-order valence-electron chi connectivity index (χ4n) is 1.01. The predicted octanol–water partition coefficient (Wildman–Crippen LogP) is 1.51. The first kappa shape index (κ1) is 13.6. The van der Waals surface area contributed by atoms with Crippen molar-refractivity contribution in [1.29, 1.82) is 0 Å². The molecule has 0 unspecified atom stereocenters. The Morgan fingerprint density at radius 2 is 2.12 bits per heavy atom. The molecule has 90 valence electrons. The van der Waals surface area contributed by atoms with Gasteiger partial charge in [-0.15, -0.1) is 0 Å². The van der Waals surface area contributed by atoms with Crippen LogP contribution in [0.3, 0.4) is 0 Å². The zero-order valence-corrected chi connectivity index (χ0v) is 11.3. The second kappa shape index (κ2) is 8.66. The minimum absolute atomic E-state index is 0.500. The molecule has 5 nitrogen and oxygen atoms in total. The Kier molecular flexibility index (Phi) is 7.35. The van der Waals surface area contributed by atoms with Gasteiger partial charge in [-0.1, -0.05) is 0 Å². The van der Waals surface area contributed by atoms with Gasteiger partial charge in [0.2, 0.25) is 5.88 Å². The summed E-state index contributed by atoms with van der Waals surface area (Å²) in [7, 11) is 1.68. The molecule has 0 saturated heterocycles. The maximum atomic E-state index is 5.43. The highest BCUT2D eigenvalue weighted by Gasteiger charge is 2.00. The van der Waals surface area contributed by atoms with Gasteiger partial charge >= 0.3 is 0 Å². The summed E-state index contributed by atoms with van der Waals surface area (Å²) in [4.78, 5) is 7.89. The van der Waals surface area contributed by atoms with Gasteiger partial charge in [-0.05, 0) is 29.0 Å². The van der Waals surface area contributed by atoms with Crippen LogP contribution in [0.25, 0.3) is 0 Å². The summed E-state index contributed by atoms with van der Waals surface area (Å²) in [5, 5.41) is 0. The van der Waals surface area contributed by atoms with Gasteiger partial charge in [0.05, 0.1) is 10.2 Å². The Labute approximate surface area is 109 Å². The molecule has 0 radical (unpaired) electrons. The first-order chi connectivity index (χ1) is 7.84. The fourth-order valence-corrected chi connectivity index (χ4v) is 1.47. The number of halogens is 1. The molecule has 1 aromatic heterocycles. The fraction of sp³-hybridized carbons (Fsp3) is 0.600. The van der Waals surface area contributed by atoms with E-state index in [1.54, 1.807) is 13.3 Å². The molecule has 0 fully saturated rings. The van der Waals surface area contributed by atoms with Crippen molar-refractivity contribution in [2.75, 3.05) is 33.5 Å². The van der Waals surface area contributed by atoms with Gasteiger partial charge in [0.25, 0.3) is 0 Å². The van der Waals surface area contributed by atoms with E-state index in [1.165, 1.54) is 6.33 Å². The average Bonchev–Trinajstić information content (AvgIpc) is 2.30. The van der Waals surface area contributed by atoms with Crippen LogP contribution in [0.5, 0.6) is 5.88 Å². The molecule has 0 N–H and O–H groups in total. The number of hydrogen-bond acceptors (Lipinski definition) is 5. The monoisotopic (exact) mass is 338 g/mol. The van der Waals surface area contributed by atoms with E-state index >= 15 is 0 Å². The predicted molar refractivity (Wildman–Crippen MR) is 67.6 cm³/mol. The van der Waals surface area contributed by atoms with Crippen LogP contribution in [0.15, 0.2) is 12.5 Å². The number of rotatable bonds is 8. The van der Waals surface area contributed by atoms with Crippen molar-refractivity contribution < 1.29 is 14.2 Å². The third-order valence-corrected chi connectivity index (χ3v) is 2.48. The molecule has 0 spiro atoms. The summed E-state index contributed by atoms with van der Waals surface area (Å²) in [6.45, 7) is 2.48. The van der Waals surface area contributed by atoms with Crippen molar-refractivity contribution in [3.63, 3.8) is 0 Å². The van der Waals surface area contributed by atoms with Crippen molar-refractivity contribution in [3.05, 3.63) is 16.1 Å². The third kappa shape index (κ3) is 5.57. The largest absolute Gasteiger partial charge is 0.474 e. The second-order valence-electron chi connectivity index (χ2n) is 2.98. The maximum Gasteiger partial charge on any atom is 0.230 e. The molecule has 16 heavy (non-hydrogen) atoms. The lowest BCUT2D eigenvalue weighted by Crippen LogP contribution is -2.09. The van der Waals surface area contributed by atoms with Gasteiger partial charge in [-0.25, -0.2) is 9.97 Å². The molecule has 0 atom stereocenters. The Hall–Kier alpha value is -0.470. The summed E-state index contributed by atoms with van der Waals surface area (Å²) in [6, 6.07) is 0. The number of hydrogen-bond donors (Lipinski definition) is 0. The van der Waals surface area contributed by atoms with Gasteiger partial charge < -0.3 is 14.2 Å². The van der Waals surface area contributed by atoms with Crippen LogP contribution >= 0.6 is 22.6 Å². The molecule has 1 rings (SSSR count). The van der Waals surface area contributed by atoms with Gasteiger partial charge in [0, 0.05) is 26.5 Å². The lowest BCUT2D eigenvalue weighted by molar-refractivity contribution is 0.0793. The third-order valence-electron chi connectivity index (χ3n) is 1.74. The summed E-state index contributed by atoms with van der Waals surface area (Å²) in [5.74, 6) is 0.607. The van der Waals surface area contributed by atoms with Crippen molar-refractivity contribution in [3.8, 4) is 5.88 Å². The van der Waals surface area contributed by atoms with Crippen LogP contribution in [-0.4, -0.2) is 43.5 Å². The van der Waals surface area contributed by atoms with E-state index in [-0.39, 0.29) is 0 Å². The van der Waals surface area contributed by atoms with Crippen LogP contribution < -0.4 is 4.74 Å². The van der Waals surface area contributed by atoms with Crippen LogP contribution in [-0.2, 0) is 9.47 Å². The molecule has 1 heterocycles. The van der Waals surface area contributed by atoms with E-state index in [4.69, 9.17) is 14.2 Å². The first-order valence-electron chi connectivity index (χ1n) is 4.99. The molecule has 0 aliphatic carbocycles. The van der Waals surface area contributed by atoms with Crippen LogP contribution in [0.4, 0.5) is 0 Å². The van der Waals surface area contributed by atoms with Gasteiger partial charge in [0.15, 0.2) is 0 Å². The molecular weight excluding hydrogens is 323 g/mol. The molecule has 1 aromatic rings. The molecule has 0 aromatic carbocycles. The average molecular weight is 338 g/mol. The molecular formula is C10H15IN2O3. The van der Waals surface area contributed by atoms with E-state index in [1.807, 2.05) is 0 Å². The lowest BCUT2D eigenvalue weighted by atomic mass is 10.5. The normalized spacial score (nSPS) is 10.4. The second-order valence-corrected chi connectivity index (χ2v) is 4.15.